The van der Waals surface area contributed by atoms with Crippen molar-refractivity contribution < 1.29 is 28.6 Å². The van der Waals surface area contributed by atoms with Gasteiger partial charge in [0.2, 0.25) is 0 Å². The number of rotatable bonds is 40. The van der Waals surface area contributed by atoms with Crippen LogP contribution in [0.15, 0.2) is 109 Å². The van der Waals surface area contributed by atoms with Crippen LogP contribution in [0.3, 0.4) is 0 Å². The van der Waals surface area contributed by atoms with E-state index in [2.05, 4.69) is 87.6 Å². The van der Waals surface area contributed by atoms with Crippen LogP contribution >= 0.6 is 0 Å². The normalized spacial score (nSPS) is 13.1. The summed E-state index contributed by atoms with van der Waals surface area (Å²) in [5, 5.41) is 0. The Bertz CT molecular complexity index is 1260. The molecule has 0 saturated heterocycles. The quantitative estimate of drug-likeness (QED) is 0.0265. The van der Waals surface area contributed by atoms with Crippen molar-refractivity contribution in [2.24, 2.45) is 0 Å². The molecule has 1 unspecified atom stereocenters. The van der Waals surface area contributed by atoms with Crippen LogP contribution in [0.1, 0.15) is 188 Å². The number of unbranched alkanes of at least 4 members (excludes halogenated alkanes) is 17. The smallest absolute Gasteiger partial charge is 0.306 e. The Morgan fingerprint density at radius 3 is 1.07 bits per heavy atom. The summed E-state index contributed by atoms with van der Waals surface area (Å²) in [5.74, 6) is -0.992. The maximum atomic E-state index is 12.7. The summed E-state index contributed by atoms with van der Waals surface area (Å²) in [4.78, 5) is 37.8. The van der Waals surface area contributed by atoms with E-state index in [4.69, 9.17) is 14.2 Å². The molecular formula is C53H84O6. The lowest BCUT2D eigenvalue weighted by molar-refractivity contribution is -0.167. The van der Waals surface area contributed by atoms with Crippen LogP contribution in [-0.2, 0) is 28.6 Å². The maximum absolute atomic E-state index is 12.7. The molecule has 0 aliphatic carbocycles. The van der Waals surface area contributed by atoms with E-state index in [0.717, 1.165) is 103 Å². The van der Waals surface area contributed by atoms with Gasteiger partial charge in [0.05, 0.1) is 0 Å². The summed E-state index contributed by atoms with van der Waals surface area (Å²) in [6, 6.07) is 0. The fourth-order valence-electron chi connectivity index (χ4n) is 5.91. The van der Waals surface area contributed by atoms with E-state index in [-0.39, 0.29) is 37.5 Å². The lowest BCUT2D eigenvalue weighted by Crippen LogP contribution is -2.30. The zero-order chi connectivity index (χ0) is 43.0. The van der Waals surface area contributed by atoms with Gasteiger partial charge in [0.1, 0.15) is 13.2 Å². The molecule has 0 radical (unpaired) electrons. The topological polar surface area (TPSA) is 78.9 Å². The highest BCUT2D eigenvalue weighted by Crippen LogP contribution is 2.12. The Morgan fingerprint density at radius 1 is 0.356 bits per heavy atom. The third-order valence-corrected chi connectivity index (χ3v) is 9.43. The van der Waals surface area contributed by atoms with E-state index in [1.165, 1.54) is 38.5 Å². The molecule has 0 amide bonds. The van der Waals surface area contributed by atoms with Crippen molar-refractivity contribution in [3.8, 4) is 0 Å². The van der Waals surface area contributed by atoms with Crippen LogP contribution in [0, 0.1) is 0 Å². The first-order valence-corrected chi connectivity index (χ1v) is 23.5. The predicted octanol–water partition coefficient (Wildman–Crippen LogP) is 15.2. The van der Waals surface area contributed by atoms with Gasteiger partial charge in [-0.15, -0.1) is 0 Å². The van der Waals surface area contributed by atoms with Crippen LogP contribution in [0.25, 0.3) is 0 Å². The van der Waals surface area contributed by atoms with Gasteiger partial charge in [-0.2, -0.15) is 0 Å². The second kappa shape index (κ2) is 46.8. The summed E-state index contributed by atoms with van der Waals surface area (Å²) in [7, 11) is 0. The van der Waals surface area contributed by atoms with E-state index in [9.17, 15) is 14.4 Å². The first-order chi connectivity index (χ1) is 29.0. The average molecular weight is 817 g/mol. The van der Waals surface area contributed by atoms with Crippen molar-refractivity contribution in [2.45, 2.75) is 194 Å². The SMILES string of the molecule is CC/C=C/C=C/C=C/C=C/CCCCCC(=O)OC(COC(=O)CCCCCCC/C=C/C=C/C=C/CC)COC(=O)CCCCCCCC/C=C/C=C/CCCCC. The van der Waals surface area contributed by atoms with E-state index in [0.29, 0.717) is 19.3 Å². The number of ether oxygens (including phenoxy) is 3. The zero-order valence-corrected chi connectivity index (χ0v) is 37.7. The number of carbonyl (C=O) groups excluding carboxylic acids is 3. The number of allylic oxidation sites excluding steroid dienone is 18. The largest absolute Gasteiger partial charge is 0.462 e. The summed E-state index contributed by atoms with van der Waals surface area (Å²) >= 11 is 0. The molecule has 0 aromatic heterocycles. The van der Waals surface area contributed by atoms with E-state index in [1.807, 2.05) is 42.5 Å². The number of esters is 3. The van der Waals surface area contributed by atoms with Gasteiger partial charge in [-0.05, 0) is 83.5 Å². The van der Waals surface area contributed by atoms with Crippen molar-refractivity contribution in [2.75, 3.05) is 13.2 Å². The van der Waals surface area contributed by atoms with Crippen molar-refractivity contribution in [3.63, 3.8) is 0 Å². The van der Waals surface area contributed by atoms with Crippen LogP contribution < -0.4 is 0 Å². The lowest BCUT2D eigenvalue weighted by Gasteiger charge is -2.18. The van der Waals surface area contributed by atoms with Gasteiger partial charge in [0, 0.05) is 19.3 Å². The Labute approximate surface area is 361 Å². The second-order valence-electron chi connectivity index (χ2n) is 15.1. The maximum Gasteiger partial charge on any atom is 0.306 e. The summed E-state index contributed by atoms with van der Waals surface area (Å²) in [5.41, 5.74) is 0. The molecule has 0 spiro atoms. The van der Waals surface area contributed by atoms with E-state index < -0.39 is 6.10 Å². The van der Waals surface area contributed by atoms with Crippen molar-refractivity contribution >= 4 is 17.9 Å². The zero-order valence-electron chi connectivity index (χ0n) is 37.7. The molecular weight excluding hydrogens is 733 g/mol. The van der Waals surface area contributed by atoms with Gasteiger partial charge in [-0.3, -0.25) is 14.4 Å². The highest BCUT2D eigenvalue weighted by Gasteiger charge is 2.19. The first kappa shape index (κ1) is 55.1. The molecule has 0 N–H and O–H groups in total. The molecule has 0 saturated carbocycles. The van der Waals surface area contributed by atoms with Crippen molar-refractivity contribution in [3.05, 3.63) is 109 Å². The minimum atomic E-state index is -0.812. The molecule has 6 heteroatoms. The molecule has 0 aromatic carbocycles. The molecule has 0 fully saturated rings. The molecule has 6 nitrogen and oxygen atoms in total. The minimum absolute atomic E-state index is 0.110. The molecule has 0 aliphatic heterocycles. The fourth-order valence-corrected chi connectivity index (χ4v) is 5.91. The predicted molar refractivity (Wildman–Crippen MR) is 251 cm³/mol. The first-order valence-electron chi connectivity index (χ1n) is 23.5. The molecule has 0 rings (SSSR count). The average Bonchev–Trinajstić information content (AvgIpc) is 3.23. The van der Waals surface area contributed by atoms with E-state index in [1.54, 1.807) is 0 Å². The van der Waals surface area contributed by atoms with E-state index >= 15 is 0 Å². The monoisotopic (exact) mass is 817 g/mol. The van der Waals surface area contributed by atoms with Crippen molar-refractivity contribution in [1.82, 2.24) is 0 Å². The van der Waals surface area contributed by atoms with Crippen LogP contribution in [0.4, 0.5) is 0 Å². The lowest BCUT2D eigenvalue weighted by atomic mass is 10.1. The Kier molecular flexibility index (Phi) is 43.6. The van der Waals surface area contributed by atoms with Crippen molar-refractivity contribution in [1.29, 1.82) is 0 Å². The number of hydrogen-bond acceptors (Lipinski definition) is 6. The second-order valence-corrected chi connectivity index (χ2v) is 15.1. The molecule has 0 heterocycles. The van der Waals surface area contributed by atoms with Gasteiger partial charge < -0.3 is 14.2 Å². The molecule has 59 heavy (non-hydrogen) atoms. The number of carbonyl (C=O) groups is 3. The molecule has 0 aliphatic rings. The third kappa shape index (κ3) is 45.0. The number of hydrogen-bond donors (Lipinski definition) is 0. The fraction of sp³-hybridized carbons (Fsp3) is 0.604. The summed E-state index contributed by atoms with van der Waals surface area (Å²) in [6.07, 6.45) is 62.1. The van der Waals surface area contributed by atoms with Gasteiger partial charge in [0.15, 0.2) is 6.10 Å². The highest BCUT2D eigenvalue weighted by molar-refractivity contribution is 5.71. The standard InChI is InChI=1S/C53H84O6/c1-4-7-10-13-16-19-22-25-26-29-31-34-37-40-43-46-52(55)58-49-50(59-53(56)47-44-41-38-35-32-28-24-21-18-15-12-9-6-3)48-57-51(54)45-42-39-36-33-30-27-23-20-17-14-11-8-5-2/h8-9,11-12,14-25,28,32,50H,4-7,10,13,26-27,29-31,33-49H2,1-3H3/b11-8+,12-9+,17-14+,18-15+,19-16+,23-20+,24-21+,25-22+,32-28+. The Balaban J connectivity index is 4.52. The van der Waals surface area contributed by atoms with Crippen LogP contribution in [-0.4, -0.2) is 37.2 Å². The van der Waals surface area contributed by atoms with Gasteiger partial charge in [-0.25, -0.2) is 0 Å². The highest BCUT2D eigenvalue weighted by atomic mass is 16.6. The Morgan fingerprint density at radius 2 is 0.661 bits per heavy atom. The van der Waals surface area contributed by atoms with Gasteiger partial charge in [-0.1, -0.05) is 194 Å². The van der Waals surface area contributed by atoms with Gasteiger partial charge >= 0.3 is 17.9 Å². The molecule has 1 atom stereocenters. The van der Waals surface area contributed by atoms with Gasteiger partial charge in [0.25, 0.3) is 0 Å². The minimum Gasteiger partial charge on any atom is -0.462 e. The molecule has 332 valence electrons. The summed E-state index contributed by atoms with van der Waals surface area (Å²) in [6.45, 7) is 6.24. The van der Waals surface area contributed by atoms with Crippen LogP contribution in [0.2, 0.25) is 0 Å². The molecule has 0 bridgehead atoms. The summed E-state index contributed by atoms with van der Waals surface area (Å²) < 4.78 is 16.7. The van der Waals surface area contributed by atoms with Crippen LogP contribution in [0.5, 0.6) is 0 Å². The third-order valence-electron chi connectivity index (χ3n) is 9.43. The molecule has 0 aromatic rings. The Hall–Kier alpha value is -3.93.